The van der Waals surface area contributed by atoms with Crippen LogP contribution in [0, 0.1) is 5.82 Å². The molecule has 0 fully saturated rings. The largest absolute Gasteiger partial charge is 0.368 e. The van der Waals surface area contributed by atoms with Crippen LogP contribution in [0.2, 0.25) is 0 Å². The normalized spacial score (nSPS) is 16.2. The first-order chi connectivity index (χ1) is 13.3. The molecule has 10 heteroatoms. The number of amides is 2. The summed E-state index contributed by atoms with van der Waals surface area (Å²) in [6, 6.07) is 10.4. The fourth-order valence-corrected chi connectivity index (χ4v) is 3.26. The molecule has 0 bridgehead atoms. The van der Waals surface area contributed by atoms with Gasteiger partial charge in [0, 0.05) is 11.3 Å². The molecule has 6 nitrogen and oxygen atoms in total. The van der Waals surface area contributed by atoms with Crippen molar-refractivity contribution in [3.63, 3.8) is 0 Å². The Bertz CT molecular complexity index is 921. The fraction of sp³-hybridized carbons (Fsp3) is 0.167. The second-order valence-corrected chi connectivity index (χ2v) is 6.85. The van der Waals surface area contributed by atoms with E-state index in [1.54, 1.807) is 12.1 Å². The Morgan fingerprint density at radius 1 is 1.18 bits per heavy atom. The van der Waals surface area contributed by atoms with Gasteiger partial charge in [0.2, 0.25) is 5.91 Å². The fourth-order valence-electron chi connectivity index (χ4n) is 2.66. The molecular weight excluding hydrogens is 393 g/mol. The number of carbonyl (C=O) groups excluding carboxylic acids is 2. The first kappa shape index (κ1) is 19.7. The Kier molecular flexibility index (Phi) is 5.88. The van der Waals surface area contributed by atoms with E-state index >= 15 is 0 Å². The number of nitrogens with two attached hydrogens (primary N) is 1. The molecule has 3 rings (SSSR count). The summed E-state index contributed by atoms with van der Waals surface area (Å²) >= 11 is 0.306. The van der Waals surface area contributed by atoms with Gasteiger partial charge in [0.15, 0.2) is 0 Å². The van der Waals surface area contributed by atoms with Crippen molar-refractivity contribution >= 4 is 40.7 Å². The Morgan fingerprint density at radius 2 is 1.86 bits per heavy atom. The zero-order valence-corrected chi connectivity index (χ0v) is 15.1. The van der Waals surface area contributed by atoms with Crippen molar-refractivity contribution in [3.05, 3.63) is 54.3 Å². The van der Waals surface area contributed by atoms with Gasteiger partial charge >= 0.3 is 0 Å². The molecule has 1 aliphatic heterocycles. The lowest BCUT2D eigenvalue weighted by atomic mass is 10.1. The van der Waals surface area contributed by atoms with E-state index in [2.05, 4.69) is 10.4 Å². The maximum Gasteiger partial charge on any atom is 0.288 e. The number of nitrogens with zero attached hydrogens (tertiary/aromatic N) is 2. The van der Waals surface area contributed by atoms with Crippen LogP contribution in [0.5, 0.6) is 0 Å². The molecule has 146 valence electrons. The van der Waals surface area contributed by atoms with Gasteiger partial charge in [-0.05, 0) is 36.4 Å². The highest BCUT2D eigenvalue weighted by molar-refractivity contribution is 7.99. The molecule has 1 aliphatic rings. The first-order valence-corrected chi connectivity index (χ1v) is 9.00. The van der Waals surface area contributed by atoms with Crippen molar-refractivity contribution in [1.29, 1.82) is 0 Å². The highest BCUT2D eigenvalue weighted by Gasteiger charge is 2.35. The summed E-state index contributed by atoms with van der Waals surface area (Å²) in [4.78, 5) is 24.5. The number of hydrogen-bond donors (Lipinski definition) is 2. The van der Waals surface area contributed by atoms with E-state index < -0.39 is 29.4 Å². The summed E-state index contributed by atoms with van der Waals surface area (Å²) < 4.78 is 38.5. The number of anilines is 2. The average molecular weight is 408 g/mol. The van der Waals surface area contributed by atoms with Gasteiger partial charge in [-0.3, -0.25) is 14.6 Å². The van der Waals surface area contributed by atoms with Crippen molar-refractivity contribution in [2.24, 2.45) is 10.8 Å². The Labute approximate surface area is 162 Å². The average Bonchev–Trinajstić information content (AvgIpc) is 3.09. The third kappa shape index (κ3) is 4.45. The predicted molar refractivity (Wildman–Crippen MR) is 101 cm³/mol. The summed E-state index contributed by atoms with van der Waals surface area (Å²) in [5, 5.41) is 7.92. The molecule has 0 radical (unpaired) electrons. The minimum absolute atomic E-state index is 0.00461. The van der Waals surface area contributed by atoms with E-state index in [9.17, 15) is 22.8 Å². The van der Waals surface area contributed by atoms with Crippen LogP contribution in [0.15, 0.2) is 58.5 Å². The van der Waals surface area contributed by atoms with Gasteiger partial charge in [-0.2, -0.15) is 13.9 Å². The topological polar surface area (TPSA) is 87.8 Å². The van der Waals surface area contributed by atoms with Gasteiger partial charge < -0.3 is 11.1 Å². The number of thioether (sulfide) groups is 1. The smallest absolute Gasteiger partial charge is 0.288 e. The summed E-state index contributed by atoms with van der Waals surface area (Å²) in [6.07, 6.45) is -0.0668. The maximum absolute atomic E-state index is 13.1. The van der Waals surface area contributed by atoms with Gasteiger partial charge in [-0.1, -0.05) is 23.9 Å². The second kappa shape index (κ2) is 8.34. The van der Waals surface area contributed by atoms with E-state index in [1.807, 2.05) is 0 Å². The molecule has 0 saturated heterocycles. The lowest BCUT2D eigenvalue weighted by Crippen LogP contribution is -2.39. The van der Waals surface area contributed by atoms with Crippen molar-refractivity contribution in [2.75, 3.05) is 10.3 Å². The van der Waals surface area contributed by atoms with Gasteiger partial charge in [0.1, 0.15) is 17.6 Å². The van der Waals surface area contributed by atoms with Crippen molar-refractivity contribution in [2.45, 2.75) is 23.1 Å². The summed E-state index contributed by atoms with van der Waals surface area (Å²) in [5.74, 6) is -4.45. The molecular formula is C18H15F3N4O2S. The number of hydrazone groups is 1. The summed E-state index contributed by atoms with van der Waals surface area (Å²) in [5.41, 5.74) is 6.00. The zero-order chi connectivity index (χ0) is 20.3. The van der Waals surface area contributed by atoms with E-state index in [-0.39, 0.29) is 22.7 Å². The maximum atomic E-state index is 13.1. The molecule has 0 aliphatic carbocycles. The van der Waals surface area contributed by atoms with Crippen LogP contribution in [0.3, 0.4) is 0 Å². The highest BCUT2D eigenvalue weighted by Crippen LogP contribution is 2.32. The number of alkyl halides is 2. The van der Waals surface area contributed by atoms with Crippen LogP contribution in [-0.4, -0.2) is 29.3 Å². The van der Waals surface area contributed by atoms with Crippen LogP contribution in [0.4, 0.5) is 24.5 Å². The van der Waals surface area contributed by atoms with Crippen LogP contribution in [0.25, 0.3) is 0 Å². The van der Waals surface area contributed by atoms with Gasteiger partial charge in [-0.25, -0.2) is 4.39 Å². The monoisotopic (exact) mass is 408 g/mol. The number of primary amides is 1. The zero-order valence-electron chi connectivity index (χ0n) is 14.3. The van der Waals surface area contributed by atoms with Gasteiger partial charge in [0.05, 0.1) is 11.4 Å². The molecule has 2 aromatic carbocycles. The van der Waals surface area contributed by atoms with E-state index in [4.69, 9.17) is 5.73 Å². The Hall–Kier alpha value is -3.01. The number of benzene rings is 2. The molecule has 3 N–H and O–H groups in total. The lowest BCUT2D eigenvalue weighted by Gasteiger charge is -2.20. The molecule has 1 unspecified atom stereocenters. The molecule has 2 aromatic rings. The molecule has 0 saturated carbocycles. The molecule has 1 atom stereocenters. The van der Waals surface area contributed by atoms with Gasteiger partial charge in [0.25, 0.3) is 11.7 Å². The van der Waals surface area contributed by atoms with E-state index in [0.29, 0.717) is 17.4 Å². The lowest BCUT2D eigenvalue weighted by molar-refractivity contribution is -0.119. The van der Waals surface area contributed by atoms with Crippen molar-refractivity contribution in [3.8, 4) is 0 Å². The minimum Gasteiger partial charge on any atom is -0.368 e. The molecule has 0 aromatic heterocycles. The number of nitrogens with one attached hydrogen (secondary N) is 1. The first-order valence-electron chi connectivity index (χ1n) is 8.12. The highest BCUT2D eigenvalue weighted by atomic mass is 32.2. The third-order valence-electron chi connectivity index (χ3n) is 3.94. The number of halogens is 3. The standard InChI is InChI=1S/C18H15F3N4O2S/c19-10-5-7-11(8-6-10)25-14(16(22)26)9-13(24-25)17(27)23-12-3-1-2-4-15(12)28-18(20)21/h1-8,14,18H,9H2,(H2,22,26)(H,23,27). The van der Waals surface area contributed by atoms with Crippen LogP contribution < -0.4 is 16.1 Å². The van der Waals surface area contributed by atoms with Crippen LogP contribution >= 0.6 is 11.8 Å². The molecule has 1 heterocycles. The number of carbonyl (C=O) groups is 2. The molecule has 2 amide bonds. The van der Waals surface area contributed by atoms with Gasteiger partial charge in [-0.15, -0.1) is 0 Å². The number of para-hydroxylation sites is 1. The van der Waals surface area contributed by atoms with Crippen LogP contribution in [-0.2, 0) is 9.59 Å². The van der Waals surface area contributed by atoms with Crippen molar-refractivity contribution in [1.82, 2.24) is 0 Å². The SMILES string of the molecule is NC(=O)C1CC(C(=O)Nc2ccccc2SC(F)F)=NN1c1ccc(F)cc1. The third-order valence-corrected chi connectivity index (χ3v) is 4.73. The summed E-state index contributed by atoms with van der Waals surface area (Å²) in [7, 11) is 0. The quantitative estimate of drug-likeness (QED) is 0.719. The molecule has 28 heavy (non-hydrogen) atoms. The minimum atomic E-state index is -2.64. The van der Waals surface area contributed by atoms with E-state index in [0.717, 1.165) is 0 Å². The Morgan fingerprint density at radius 3 is 2.50 bits per heavy atom. The van der Waals surface area contributed by atoms with Crippen molar-refractivity contribution < 1.29 is 22.8 Å². The molecule has 0 spiro atoms. The predicted octanol–water partition coefficient (Wildman–Crippen LogP) is 3.20. The number of rotatable bonds is 6. The summed E-state index contributed by atoms with van der Waals surface area (Å²) in [6.45, 7) is 0. The van der Waals surface area contributed by atoms with E-state index in [1.165, 1.54) is 41.4 Å². The Balaban J connectivity index is 1.83. The second-order valence-electron chi connectivity index (χ2n) is 5.82. The van der Waals surface area contributed by atoms with Crippen LogP contribution in [0.1, 0.15) is 6.42 Å². The number of hydrogen-bond acceptors (Lipinski definition) is 5.